The fraction of sp³-hybridized carbons (Fsp3) is 0.812. The summed E-state index contributed by atoms with van der Waals surface area (Å²) in [5.74, 6) is -11.3. The summed E-state index contributed by atoms with van der Waals surface area (Å²) in [5.41, 5.74) is -1.73. The first kappa shape index (κ1) is 37.8. The number of ether oxygens (including phenoxy) is 5. The van der Waals surface area contributed by atoms with E-state index in [2.05, 4.69) is 11.2 Å². The minimum atomic E-state index is -4.64. The van der Waals surface area contributed by atoms with Crippen molar-refractivity contribution in [2.75, 3.05) is 20.7 Å². The van der Waals surface area contributed by atoms with E-state index in [4.69, 9.17) is 30.1 Å². The van der Waals surface area contributed by atoms with Gasteiger partial charge < -0.3 is 39.0 Å². The third kappa shape index (κ3) is 7.23. The van der Waals surface area contributed by atoms with Crippen molar-refractivity contribution in [1.82, 2.24) is 10.2 Å². The maximum atomic E-state index is 15.8. The predicted molar refractivity (Wildman–Crippen MR) is 159 cm³/mol. The van der Waals surface area contributed by atoms with Crippen LogP contribution >= 0.6 is 0 Å². The molecule has 260 valence electrons. The van der Waals surface area contributed by atoms with Gasteiger partial charge in [0.05, 0.1) is 24.4 Å². The molecule has 1 unspecified atom stereocenters. The smallest absolute Gasteiger partial charge is 0.408 e. The van der Waals surface area contributed by atoms with Crippen LogP contribution in [0.2, 0.25) is 0 Å². The fourth-order valence-electron chi connectivity index (χ4n) is 7.13. The largest absolute Gasteiger partial charge is 0.453 e. The second-order valence-corrected chi connectivity index (χ2v) is 13.2. The zero-order chi connectivity index (χ0) is 34.9. The Kier molecular flexibility index (Phi) is 12.0. The van der Waals surface area contributed by atoms with Gasteiger partial charge >= 0.3 is 18.0 Å². The van der Waals surface area contributed by atoms with Gasteiger partial charge in [0.15, 0.2) is 11.9 Å². The summed E-state index contributed by atoms with van der Waals surface area (Å²) < 4.78 is 60.3. The molecule has 3 rings (SSSR count). The molecule has 0 aromatic heterocycles. The molecule has 0 spiro atoms. The first-order chi connectivity index (χ1) is 21.3. The summed E-state index contributed by atoms with van der Waals surface area (Å²) >= 11 is 0. The van der Waals surface area contributed by atoms with Crippen LogP contribution in [0, 0.1) is 36.0 Å². The highest BCUT2D eigenvalue weighted by atomic mass is 19.3. The number of terminal acetylenes is 1. The van der Waals surface area contributed by atoms with Gasteiger partial charge in [-0.25, -0.2) is 9.59 Å². The van der Waals surface area contributed by atoms with Crippen molar-refractivity contribution in [1.29, 1.82) is 0 Å². The van der Waals surface area contributed by atoms with Crippen molar-refractivity contribution in [2.45, 2.75) is 122 Å². The number of carbonyl (C=O) groups excluding carboxylic acids is 4. The molecule has 0 radical (unpaired) electrons. The summed E-state index contributed by atoms with van der Waals surface area (Å²) in [6, 6.07) is -1.52. The number of nitrogens with one attached hydrogen (secondary N) is 1. The van der Waals surface area contributed by atoms with E-state index < -0.39 is 108 Å². The Labute approximate surface area is 269 Å². The van der Waals surface area contributed by atoms with E-state index in [9.17, 15) is 24.3 Å². The number of carbonyl (C=O) groups is 4. The maximum Gasteiger partial charge on any atom is 0.408 e. The predicted octanol–water partition coefficient (Wildman–Crippen LogP) is 2.34. The molecule has 0 aromatic rings. The van der Waals surface area contributed by atoms with Crippen LogP contribution in [0.25, 0.3) is 0 Å². The number of ketones is 2. The van der Waals surface area contributed by atoms with Gasteiger partial charge in [0.25, 0.3) is 0 Å². The van der Waals surface area contributed by atoms with Crippen LogP contribution in [0.3, 0.4) is 0 Å². The standard InChI is InChI=1S/C32H48F2N2O10/c1-11-13-42-24-16(4)22(37)17(5)26-31(8,46-30(41)35-26)21(12-2)44-29(40)32(33,34)27(39)19(7)25(18(24)6)45-28-23(38)20(36(9)10)14-15(3)43-28/h1,15-21,23-26,28,38H,12-14H2,2-10H3,(H,35,41)/t15-,16+,17+,18+,19-,20+,21-,23-,24+,25+,26?,28+,31-/m1/s1. The lowest BCUT2D eigenvalue weighted by Crippen LogP contribution is -2.60. The molecule has 3 aliphatic rings. The second-order valence-electron chi connectivity index (χ2n) is 13.2. The lowest BCUT2D eigenvalue weighted by Gasteiger charge is -2.45. The van der Waals surface area contributed by atoms with Gasteiger partial charge in [0, 0.05) is 29.7 Å². The Morgan fingerprint density at radius 3 is 2.26 bits per heavy atom. The fourth-order valence-corrected chi connectivity index (χ4v) is 7.13. The van der Waals surface area contributed by atoms with E-state index in [0.29, 0.717) is 6.42 Å². The Balaban J connectivity index is 2.17. The third-order valence-corrected chi connectivity index (χ3v) is 9.79. The average Bonchev–Trinajstić information content (AvgIpc) is 3.31. The molecule has 0 saturated carbocycles. The van der Waals surface area contributed by atoms with E-state index in [1.54, 1.807) is 46.7 Å². The second kappa shape index (κ2) is 14.6. The van der Waals surface area contributed by atoms with Crippen molar-refractivity contribution >= 4 is 23.6 Å². The Hall–Kier alpha value is -2.70. The van der Waals surface area contributed by atoms with Crippen LogP contribution in [0.4, 0.5) is 13.6 Å². The average molecular weight is 659 g/mol. The van der Waals surface area contributed by atoms with Gasteiger partial charge in [-0.2, -0.15) is 8.78 Å². The lowest BCUT2D eigenvalue weighted by atomic mass is 9.74. The minimum Gasteiger partial charge on any atom is -0.453 e. The number of Topliss-reactive ketones (excluding diaryl/α,β-unsaturated/α-hetero) is 2. The number of fused-ring (bicyclic) bond motifs is 1. The molecule has 0 aliphatic carbocycles. The van der Waals surface area contributed by atoms with Crippen LogP contribution in [-0.2, 0) is 38.1 Å². The molecule has 0 bridgehead atoms. The summed E-state index contributed by atoms with van der Waals surface area (Å²) in [6.07, 6.45) is -2.07. The van der Waals surface area contributed by atoms with Crippen molar-refractivity contribution < 1.29 is 56.7 Å². The molecular formula is C32H48F2N2O10. The van der Waals surface area contributed by atoms with E-state index in [1.165, 1.54) is 20.8 Å². The highest BCUT2D eigenvalue weighted by Crippen LogP contribution is 2.40. The number of hydrogen-bond acceptors (Lipinski definition) is 11. The number of halogens is 2. The summed E-state index contributed by atoms with van der Waals surface area (Å²) in [5, 5.41) is 13.7. The van der Waals surface area contributed by atoms with E-state index in [-0.39, 0.29) is 13.0 Å². The normalized spacial score (nSPS) is 42.3. The van der Waals surface area contributed by atoms with Crippen molar-refractivity contribution in [2.24, 2.45) is 23.7 Å². The molecule has 3 fully saturated rings. The number of amides is 1. The van der Waals surface area contributed by atoms with Crippen molar-refractivity contribution in [3.05, 3.63) is 0 Å². The lowest BCUT2D eigenvalue weighted by molar-refractivity contribution is -0.282. The molecule has 46 heavy (non-hydrogen) atoms. The maximum absolute atomic E-state index is 15.8. The number of aliphatic hydroxyl groups is 1. The Morgan fingerprint density at radius 2 is 1.70 bits per heavy atom. The number of alkyl halides is 2. The minimum absolute atomic E-state index is 0.0806. The zero-order valence-electron chi connectivity index (χ0n) is 28.0. The number of esters is 1. The molecule has 3 heterocycles. The molecule has 12 nitrogen and oxygen atoms in total. The van der Waals surface area contributed by atoms with Gasteiger partial charge in [0.2, 0.25) is 5.78 Å². The van der Waals surface area contributed by atoms with Crippen molar-refractivity contribution in [3.63, 3.8) is 0 Å². The number of hydrogen-bond donors (Lipinski definition) is 2. The number of rotatable bonds is 6. The molecule has 3 aliphatic heterocycles. The highest BCUT2D eigenvalue weighted by Gasteiger charge is 2.60. The number of likely N-dealkylation sites (N-methyl/N-ethyl adjacent to an activating group) is 1. The van der Waals surface area contributed by atoms with Gasteiger partial charge in [-0.1, -0.05) is 40.5 Å². The summed E-state index contributed by atoms with van der Waals surface area (Å²) in [6.45, 7) is 10.2. The summed E-state index contributed by atoms with van der Waals surface area (Å²) in [4.78, 5) is 55.0. The van der Waals surface area contributed by atoms with Crippen LogP contribution in [0.1, 0.15) is 61.3 Å². The first-order valence-electron chi connectivity index (χ1n) is 15.7. The van der Waals surface area contributed by atoms with Gasteiger partial charge in [-0.05, 0) is 40.8 Å². The van der Waals surface area contributed by atoms with Crippen LogP contribution < -0.4 is 5.32 Å². The van der Waals surface area contributed by atoms with Gasteiger partial charge in [0.1, 0.15) is 24.6 Å². The first-order valence-corrected chi connectivity index (χ1v) is 15.7. The zero-order valence-corrected chi connectivity index (χ0v) is 28.0. The molecule has 0 aromatic carbocycles. The number of cyclic esters (lactones) is 1. The highest BCUT2D eigenvalue weighted by molar-refractivity contribution is 6.06. The van der Waals surface area contributed by atoms with Gasteiger partial charge in [-0.3, -0.25) is 9.59 Å². The molecule has 14 heteroatoms. The summed E-state index contributed by atoms with van der Waals surface area (Å²) in [7, 11) is 3.52. The van der Waals surface area contributed by atoms with Crippen LogP contribution in [-0.4, -0.2) is 115 Å². The molecule has 13 atom stereocenters. The van der Waals surface area contributed by atoms with Crippen LogP contribution in [0.15, 0.2) is 0 Å². The Morgan fingerprint density at radius 1 is 1.07 bits per heavy atom. The molecule has 2 N–H and O–H groups in total. The number of nitrogens with zero attached hydrogens (tertiary/aromatic N) is 1. The van der Waals surface area contributed by atoms with Crippen LogP contribution in [0.5, 0.6) is 0 Å². The number of aliphatic hydroxyl groups excluding tert-OH is 1. The van der Waals surface area contributed by atoms with E-state index >= 15 is 8.78 Å². The van der Waals surface area contributed by atoms with E-state index in [0.717, 1.165) is 0 Å². The SMILES string of the molecule is C#CCO[C@@H]1[C@H](C)[C@H](O[C@@H]2O[C@H](C)C[C@H](N(C)C)[C@H]2O)[C@@H](C)C(=O)C(F)(F)C(=O)O[C@H](CC)[C@@]2(C)OC(=O)NC2[C@@H](C)C(=O)[C@@H]1C. The third-order valence-electron chi connectivity index (χ3n) is 9.79. The molecule has 1 amide bonds. The molecular weight excluding hydrogens is 610 g/mol. The topological polar surface area (TPSA) is 150 Å². The van der Waals surface area contributed by atoms with E-state index in [1.807, 2.05) is 0 Å². The monoisotopic (exact) mass is 658 g/mol. The van der Waals surface area contributed by atoms with Crippen molar-refractivity contribution in [3.8, 4) is 12.3 Å². The molecule has 3 saturated heterocycles. The van der Waals surface area contributed by atoms with Gasteiger partial charge in [-0.15, -0.1) is 6.42 Å². The Bertz CT molecular complexity index is 1190. The number of alkyl carbamates (subject to hydrolysis) is 1. The quantitative estimate of drug-likeness (QED) is 0.246.